The maximum absolute atomic E-state index is 9.70. The van der Waals surface area contributed by atoms with Gasteiger partial charge < -0.3 is 9.84 Å². The van der Waals surface area contributed by atoms with Crippen molar-refractivity contribution >= 4 is 0 Å². The van der Waals surface area contributed by atoms with E-state index in [0.29, 0.717) is 5.75 Å². The van der Waals surface area contributed by atoms with Crippen LogP contribution in [0.1, 0.15) is 19.4 Å². The molecule has 0 bridgehead atoms. The number of aliphatic hydroxyl groups is 1. The maximum atomic E-state index is 9.70. The van der Waals surface area contributed by atoms with Crippen LogP contribution in [-0.2, 0) is 5.60 Å². The van der Waals surface area contributed by atoms with Gasteiger partial charge in [0.05, 0.1) is 12.7 Å². The molecule has 0 heterocycles. The van der Waals surface area contributed by atoms with E-state index in [2.05, 4.69) is 6.07 Å². The van der Waals surface area contributed by atoms with Crippen LogP contribution in [0, 0.1) is 6.07 Å². The first-order valence-electron chi connectivity index (χ1n) is 3.82. The van der Waals surface area contributed by atoms with Crippen LogP contribution >= 0.6 is 0 Å². The highest BCUT2D eigenvalue weighted by molar-refractivity contribution is 5.36. The Labute approximate surface area is 72.8 Å². The van der Waals surface area contributed by atoms with E-state index in [1.165, 1.54) is 0 Å². The summed E-state index contributed by atoms with van der Waals surface area (Å²) in [5, 5.41) is 9.70. The van der Waals surface area contributed by atoms with Gasteiger partial charge >= 0.3 is 0 Å². The highest BCUT2D eigenvalue weighted by Crippen LogP contribution is 2.28. The maximum Gasteiger partial charge on any atom is 0.124 e. The topological polar surface area (TPSA) is 29.5 Å². The molecular formula is C10H13O2. The number of rotatable bonds is 2. The normalized spacial score (nSPS) is 11.3. The quantitative estimate of drug-likeness (QED) is 0.723. The molecule has 12 heavy (non-hydrogen) atoms. The van der Waals surface area contributed by atoms with Crippen molar-refractivity contribution in [2.75, 3.05) is 7.11 Å². The molecule has 0 aliphatic carbocycles. The van der Waals surface area contributed by atoms with Gasteiger partial charge in [0, 0.05) is 5.56 Å². The van der Waals surface area contributed by atoms with Gasteiger partial charge in [0.1, 0.15) is 5.75 Å². The number of hydrogen-bond donors (Lipinski definition) is 1. The second kappa shape index (κ2) is 3.15. The molecule has 2 heteroatoms. The molecule has 0 atom stereocenters. The average molecular weight is 165 g/mol. The molecular weight excluding hydrogens is 152 g/mol. The van der Waals surface area contributed by atoms with E-state index in [9.17, 15) is 5.11 Å². The summed E-state index contributed by atoms with van der Waals surface area (Å²) in [6.45, 7) is 3.44. The SMILES string of the molecule is COc1cc[c]cc1C(C)(C)O. The first-order valence-corrected chi connectivity index (χ1v) is 3.82. The summed E-state index contributed by atoms with van der Waals surface area (Å²) in [6.07, 6.45) is 0. The summed E-state index contributed by atoms with van der Waals surface area (Å²) >= 11 is 0. The van der Waals surface area contributed by atoms with Crippen LogP contribution in [0.5, 0.6) is 5.75 Å². The molecule has 1 radical (unpaired) electrons. The summed E-state index contributed by atoms with van der Waals surface area (Å²) in [4.78, 5) is 0. The molecule has 0 saturated carbocycles. The molecule has 0 aliphatic heterocycles. The van der Waals surface area contributed by atoms with Crippen LogP contribution in [0.15, 0.2) is 18.2 Å². The van der Waals surface area contributed by atoms with E-state index >= 15 is 0 Å². The molecule has 0 spiro atoms. The van der Waals surface area contributed by atoms with E-state index in [0.717, 1.165) is 5.56 Å². The van der Waals surface area contributed by atoms with Gasteiger partial charge in [0.15, 0.2) is 0 Å². The Hall–Kier alpha value is -1.02. The largest absolute Gasteiger partial charge is 0.496 e. The zero-order valence-electron chi connectivity index (χ0n) is 7.59. The molecule has 0 aromatic heterocycles. The van der Waals surface area contributed by atoms with E-state index in [4.69, 9.17) is 4.74 Å². The zero-order chi connectivity index (χ0) is 9.19. The molecule has 0 amide bonds. The fourth-order valence-electron chi connectivity index (χ4n) is 1.07. The van der Waals surface area contributed by atoms with Crippen LogP contribution in [-0.4, -0.2) is 12.2 Å². The van der Waals surface area contributed by atoms with E-state index in [1.807, 2.05) is 0 Å². The van der Waals surface area contributed by atoms with Gasteiger partial charge in [0.25, 0.3) is 0 Å². The predicted octanol–water partition coefficient (Wildman–Crippen LogP) is 1.72. The molecule has 65 valence electrons. The standard InChI is InChI=1S/C10H13O2/c1-10(2,11)8-6-4-5-7-9(8)12-3/h5-7,11H,1-3H3. The molecule has 1 N–H and O–H groups in total. The first kappa shape index (κ1) is 9.07. The molecule has 0 aliphatic rings. The Morgan fingerprint density at radius 3 is 2.58 bits per heavy atom. The molecule has 0 unspecified atom stereocenters. The van der Waals surface area contributed by atoms with Crippen molar-refractivity contribution in [1.29, 1.82) is 0 Å². The van der Waals surface area contributed by atoms with Crippen molar-refractivity contribution in [3.05, 3.63) is 29.8 Å². The van der Waals surface area contributed by atoms with Crippen LogP contribution in [0.2, 0.25) is 0 Å². The van der Waals surface area contributed by atoms with Gasteiger partial charge in [-0.2, -0.15) is 0 Å². The minimum absolute atomic E-state index is 0.696. The Morgan fingerprint density at radius 1 is 1.50 bits per heavy atom. The van der Waals surface area contributed by atoms with Gasteiger partial charge in [-0.05, 0) is 32.0 Å². The third-order valence-corrected chi connectivity index (χ3v) is 1.70. The van der Waals surface area contributed by atoms with Gasteiger partial charge in [0.2, 0.25) is 0 Å². The monoisotopic (exact) mass is 165 g/mol. The fourth-order valence-corrected chi connectivity index (χ4v) is 1.07. The Bertz CT molecular complexity index is 261. The lowest BCUT2D eigenvalue weighted by atomic mass is 9.97. The highest BCUT2D eigenvalue weighted by atomic mass is 16.5. The van der Waals surface area contributed by atoms with Crippen molar-refractivity contribution in [2.24, 2.45) is 0 Å². The Morgan fingerprint density at radius 2 is 2.17 bits per heavy atom. The summed E-state index contributed by atoms with van der Waals surface area (Å²) in [6, 6.07) is 8.18. The van der Waals surface area contributed by atoms with E-state index < -0.39 is 5.60 Å². The summed E-state index contributed by atoms with van der Waals surface area (Å²) in [7, 11) is 1.59. The van der Waals surface area contributed by atoms with Crippen LogP contribution in [0.3, 0.4) is 0 Å². The lowest BCUT2D eigenvalue weighted by Crippen LogP contribution is -2.16. The van der Waals surface area contributed by atoms with Crippen LogP contribution in [0.25, 0.3) is 0 Å². The molecule has 1 aromatic rings. The van der Waals surface area contributed by atoms with Crippen molar-refractivity contribution in [3.8, 4) is 5.75 Å². The summed E-state index contributed by atoms with van der Waals surface area (Å²) in [5.74, 6) is 0.696. The molecule has 0 saturated heterocycles. The van der Waals surface area contributed by atoms with Crippen molar-refractivity contribution in [3.63, 3.8) is 0 Å². The minimum Gasteiger partial charge on any atom is -0.496 e. The highest BCUT2D eigenvalue weighted by Gasteiger charge is 2.19. The number of ether oxygens (including phenoxy) is 1. The third kappa shape index (κ3) is 1.77. The van der Waals surface area contributed by atoms with E-state index in [1.54, 1.807) is 39.2 Å². The average Bonchev–Trinajstić information content (AvgIpc) is 2.03. The number of methoxy groups -OCH3 is 1. The lowest BCUT2D eigenvalue weighted by molar-refractivity contribution is 0.0756. The molecule has 1 aromatic carbocycles. The molecule has 1 rings (SSSR count). The second-order valence-electron chi connectivity index (χ2n) is 3.19. The summed E-state index contributed by atoms with van der Waals surface area (Å²) in [5.41, 5.74) is -0.115. The summed E-state index contributed by atoms with van der Waals surface area (Å²) < 4.78 is 5.09. The Balaban J connectivity index is 3.14. The van der Waals surface area contributed by atoms with Crippen molar-refractivity contribution in [1.82, 2.24) is 0 Å². The smallest absolute Gasteiger partial charge is 0.124 e. The zero-order valence-corrected chi connectivity index (χ0v) is 7.59. The van der Waals surface area contributed by atoms with E-state index in [-0.39, 0.29) is 0 Å². The van der Waals surface area contributed by atoms with Gasteiger partial charge in [-0.3, -0.25) is 0 Å². The predicted molar refractivity (Wildman–Crippen MR) is 47.1 cm³/mol. The lowest BCUT2D eigenvalue weighted by Gasteiger charge is -2.20. The third-order valence-electron chi connectivity index (χ3n) is 1.70. The molecule has 2 nitrogen and oxygen atoms in total. The van der Waals surface area contributed by atoms with Crippen molar-refractivity contribution in [2.45, 2.75) is 19.4 Å². The number of hydrogen-bond acceptors (Lipinski definition) is 2. The van der Waals surface area contributed by atoms with Crippen LogP contribution < -0.4 is 4.74 Å². The first-order chi connectivity index (χ1) is 5.55. The van der Waals surface area contributed by atoms with Crippen LogP contribution in [0.4, 0.5) is 0 Å². The minimum atomic E-state index is -0.872. The number of benzene rings is 1. The fraction of sp³-hybridized carbons (Fsp3) is 0.400. The van der Waals surface area contributed by atoms with Gasteiger partial charge in [-0.1, -0.05) is 6.07 Å². The van der Waals surface area contributed by atoms with Crippen molar-refractivity contribution < 1.29 is 9.84 Å². The van der Waals surface area contributed by atoms with Gasteiger partial charge in [-0.15, -0.1) is 0 Å². The molecule has 0 fully saturated rings. The Kier molecular flexibility index (Phi) is 2.38. The second-order valence-corrected chi connectivity index (χ2v) is 3.19. The van der Waals surface area contributed by atoms with Gasteiger partial charge in [-0.25, -0.2) is 0 Å².